The molecule has 1 unspecified atom stereocenters. The van der Waals surface area contributed by atoms with Crippen molar-refractivity contribution in [2.24, 2.45) is 0 Å². The lowest BCUT2D eigenvalue weighted by molar-refractivity contribution is -0.122. The summed E-state index contributed by atoms with van der Waals surface area (Å²) in [5.41, 5.74) is 0.736. The van der Waals surface area contributed by atoms with Gasteiger partial charge >= 0.3 is 0 Å². The van der Waals surface area contributed by atoms with Gasteiger partial charge in [-0.1, -0.05) is 18.2 Å². The van der Waals surface area contributed by atoms with E-state index in [1.54, 1.807) is 17.8 Å². The number of hydrogen-bond acceptors (Lipinski definition) is 4. The summed E-state index contributed by atoms with van der Waals surface area (Å²) in [6, 6.07) is 6.97. The van der Waals surface area contributed by atoms with E-state index in [9.17, 15) is 9.18 Å². The zero-order valence-electron chi connectivity index (χ0n) is 12.6. The molecule has 0 aliphatic carbocycles. The van der Waals surface area contributed by atoms with Crippen LogP contribution in [0.2, 0.25) is 0 Å². The normalized spacial score (nSPS) is 18.1. The Hall–Kier alpha value is -1.11. The molecule has 0 radical (unpaired) electrons. The molecule has 1 aromatic carbocycles. The monoisotopic (exact) mass is 326 g/mol. The second kappa shape index (κ2) is 9.82. The van der Waals surface area contributed by atoms with Gasteiger partial charge in [0.1, 0.15) is 5.82 Å². The number of amides is 1. The number of thioether (sulfide) groups is 1. The van der Waals surface area contributed by atoms with Crippen LogP contribution >= 0.6 is 11.8 Å². The molecule has 0 spiro atoms. The smallest absolute Gasteiger partial charge is 0.221 e. The first kappa shape index (κ1) is 17.2. The van der Waals surface area contributed by atoms with Gasteiger partial charge in [0, 0.05) is 31.3 Å². The lowest BCUT2D eigenvalue weighted by Crippen LogP contribution is -2.44. The summed E-state index contributed by atoms with van der Waals surface area (Å²) in [4.78, 5) is 11.7. The molecule has 1 saturated heterocycles. The molecule has 2 rings (SSSR count). The first-order valence-corrected chi connectivity index (χ1v) is 8.80. The Morgan fingerprint density at radius 3 is 3.09 bits per heavy atom. The van der Waals surface area contributed by atoms with Crippen LogP contribution in [0.25, 0.3) is 0 Å². The molecule has 4 nitrogen and oxygen atoms in total. The maximum atomic E-state index is 13.4. The predicted octanol–water partition coefficient (Wildman–Crippen LogP) is 1.94. The minimum absolute atomic E-state index is 0.0575. The van der Waals surface area contributed by atoms with Crippen molar-refractivity contribution >= 4 is 17.7 Å². The van der Waals surface area contributed by atoms with E-state index in [0.717, 1.165) is 30.9 Å². The molecule has 1 atom stereocenters. The van der Waals surface area contributed by atoms with Gasteiger partial charge in [-0.25, -0.2) is 4.39 Å². The highest BCUT2D eigenvalue weighted by molar-refractivity contribution is 7.98. The van der Waals surface area contributed by atoms with Crippen molar-refractivity contribution in [1.82, 2.24) is 10.6 Å². The lowest BCUT2D eigenvalue weighted by Gasteiger charge is -2.23. The minimum Gasteiger partial charge on any atom is -0.378 e. The van der Waals surface area contributed by atoms with Crippen molar-refractivity contribution in [1.29, 1.82) is 0 Å². The Labute approximate surface area is 135 Å². The Balaban J connectivity index is 1.50. The van der Waals surface area contributed by atoms with E-state index >= 15 is 0 Å². The fourth-order valence-electron chi connectivity index (χ4n) is 2.25. The van der Waals surface area contributed by atoms with Crippen LogP contribution in [0.5, 0.6) is 0 Å². The fourth-order valence-corrected chi connectivity index (χ4v) is 3.19. The second-order valence-electron chi connectivity index (χ2n) is 5.28. The summed E-state index contributed by atoms with van der Waals surface area (Å²) >= 11 is 1.68. The molecule has 0 bridgehead atoms. The van der Waals surface area contributed by atoms with Gasteiger partial charge in [0.25, 0.3) is 0 Å². The van der Waals surface area contributed by atoms with Gasteiger partial charge in [-0.15, -0.1) is 0 Å². The number of carbonyl (C=O) groups excluding carboxylic acids is 1. The second-order valence-corrected chi connectivity index (χ2v) is 6.38. The largest absolute Gasteiger partial charge is 0.378 e. The van der Waals surface area contributed by atoms with E-state index in [2.05, 4.69) is 10.6 Å². The van der Waals surface area contributed by atoms with E-state index in [0.29, 0.717) is 25.3 Å². The van der Waals surface area contributed by atoms with E-state index in [-0.39, 0.29) is 17.8 Å². The van der Waals surface area contributed by atoms with Crippen molar-refractivity contribution in [3.8, 4) is 0 Å². The third-order valence-electron chi connectivity index (χ3n) is 3.43. The molecule has 2 N–H and O–H groups in total. The molecular formula is C16H23FN2O2S. The van der Waals surface area contributed by atoms with Crippen molar-refractivity contribution in [2.75, 3.05) is 32.1 Å². The number of hydrogen-bond donors (Lipinski definition) is 2. The summed E-state index contributed by atoms with van der Waals surface area (Å²) in [5.74, 6) is 1.48. The highest BCUT2D eigenvalue weighted by atomic mass is 32.2. The van der Waals surface area contributed by atoms with Crippen molar-refractivity contribution in [2.45, 2.75) is 24.6 Å². The number of nitrogens with one attached hydrogen (secondary N) is 2. The van der Waals surface area contributed by atoms with E-state index in [1.165, 1.54) is 6.07 Å². The number of halogens is 1. The molecule has 1 amide bonds. The molecular weight excluding hydrogens is 303 g/mol. The van der Waals surface area contributed by atoms with Crippen LogP contribution in [0.15, 0.2) is 24.3 Å². The average molecular weight is 326 g/mol. The average Bonchev–Trinajstić information content (AvgIpc) is 2.53. The molecule has 0 saturated carbocycles. The topological polar surface area (TPSA) is 50.4 Å². The van der Waals surface area contributed by atoms with Crippen molar-refractivity contribution in [3.63, 3.8) is 0 Å². The van der Waals surface area contributed by atoms with Crippen LogP contribution in [-0.2, 0) is 15.3 Å². The lowest BCUT2D eigenvalue weighted by atomic mass is 10.2. The van der Waals surface area contributed by atoms with Gasteiger partial charge in [-0.05, 0) is 23.8 Å². The number of rotatable bonds is 8. The van der Waals surface area contributed by atoms with Crippen LogP contribution < -0.4 is 10.6 Å². The predicted molar refractivity (Wildman–Crippen MR) is 87.4 cm³/mol. The molecule has 1 aromatic rings. The molecule has 1 fully saturated rings. The number of ether oxygens (including phenoxy) is 1. The molecule has 6 heteroatoms. The van der Waals surface area contributed by atoms with Gasteiger partial charge in [0.15, 0.2) is 0 Å². The van der Waals surface area contributed by atoms with Crippen molar-refractivity contribution in [3.05, 3.63) is 35.6 Å². The Bertz CT molecular complexity index is 467. The summed E-state index contributed by atoms with van der Waals surface area (Å²) in [5, 5.41) is 6.18. The van der Waals surface area contributed by atoms with Crippen LogP contribution in [0.3, 0.4) is 0 Å². The van der Waals surface area contributed by atoms with Crippen LogP contribution in [0.1, 0.15) is 18.4 Å². The van der Waals surface area contributed by atoms with Crippen molar-refractivity contribution < 1.29 is 13.9 Å². The highest BCUT2D eigenvalue weighted by Crippen LogP contribution is 2.15. The molecule has 0 aromatic heterocycles. The summed E-state index contributed by atoms with van der Waals surface area (Å²) in [6.07, 6.45) is 1.35. The van der Waals surface area contributed by atoms with Crippen LogP contribution in [0, 0.1) is 5.82 Å². The number of carbonyl (C=O) groups is 1. The molecule has 22 heavy (non-hydrogen) atoms. The summed E-state index contributed by atoms with van der Waals surface area (Å²) in [7, 11) is 0. The Morgan fingerprint density at radius 1 is 1.45 bits per heavy atom. The number of morpholine rings is 1. The third-order valence-corrected chi connectivity index (χ3v) is 4.53. The van der Waals surface area contributed by atoms with E-state index < -0.39 is 0 Å². The first-order chi connectivity index (χ1) is 10.8. The fraction of sp³-hybridized carbons (Fsp3) is 0.562. The summed E-state index contributed by atoms with van der Waals surface area (Å²) < 4.78 is 18.7. The highest BCUT2D eigenvalue weighted by Gasteiger charge is 2.16. The van der Waals surface area contributed by atoms with Crippen LogP contribution in [0.4, 0.5) is 4.39 Å². The van der Waals surface area contributed by atoms with Gasteiger partial charge in [-0.2, -0.15) is 11.8 Å². The van der Waals surface area contributed by atoms with E-state index in [1.807, 2.05) is 12.1 Å². The van der Waals surface area contributed by atoms with Gasteiger partial charge < -0.3 is 15.4 Å². The minimum atomic E-state index is -0.148. The third kappa shape index (κ3) is 6.34. The van der Waals surface area contributed by atoms with Gasteiger partial charge in [0.2, 0.25) is 5.91 Å². The number of benzene rings is 1. The molecule has 1 heterocycles. The Kier molecular flexibility index (Phi) is 7.70. The quantitative estimate of drug-likeness (QED) is 0.717. The van der Waals surface area contributed by atoms with E-state index in [4.69, 9.17) is 4.74 Å². The maximum absolute atomic E-state index is 13.4. The maximum Gasteiger partial charge on any atom is 0.221 e. The SMILES string of the molecule is O=C(CC1COCCN1)NCCCSCc1ccccc1F. The standard InChI is InChI=1S/C16H23FN2O2S/c17-15-5-2-1-4-13(15)12-22-9-3-6-19-16(20)10-14-11-21-8-7-18-14/h1-2,4-5,14,18H,3,6-12H2,(H,19,20). The van der Waals surface area contributed by atoms with Crippen LogP contribution in [-0.4, -0.2) is 44.0 Å². The zero-order valence-corrected chi connectivity index (χ0v) is 13.5. The molecule has 1 aliphatic heterocycles. The van der Waals surface area contributed by atoms with Gasteiger partial charge in [0.05, 0.1) is 13.2 Å². The molecule has 122 valence electrons. The first-order valence-electron chi connectivity index (χ1n) is 7.64. The van der Waals surface area contributed by atoms with Gasteiger partial charge in [-0.3, -0.25) is 4.79 Å². The summed E-state index contributed by atoms with van der Waals surface area (Å²) in [6.45, 7) is 2.80. The Morgan fingerprint density at radius 2 is 2.32 bits per heavy atom. The molecule has 1 aliphatic rings. The zero-order chi connectivity index (χ0) is 15.6.